The van der Waals surface area contributed by atoms with E-state index in [4.69, 9.17) is 4.74 Å². The van der Waals surface area contributed by atoms with Crippen LogP contribution in [0.15, 0.2) is 22.8 Å². The highest BCUT2D eigenvalue weighted by molar-refractivity contribution is 9.10. The molecule has 0 spiro atoms. The largest absolute Gasteiger partial charge is 0.383 e. The molecule has 116 valence electrons. The highest BCUT2D eigenvalue weighted by Crippen LogP contribution is 2.23. The molecule has 21 heavy (non-hydrogen) atoms. The summed E-state index contributed by atoms with van der Waals surface area (Å²) in [5, 5.41) is 7.93. The third kappa shape index (κ3) is 3.96. The van der Waals surface area contributed by atoms with Gasteiger partial charge in [0.1, 0.15) is 0 Å². The van der Waals surface area contributed by atoms with Crippen LogP contribution < -0.4 is 5.32 Å². The quantitative estimate of drug-likeness (QED) is 0.740. The summed E-state index contributed by atoms with van der Waals surface area (Å²) in [5.41, 5.74) is 3.57. The number of nitrogens with one attached hydrogen (secondary N) is 1. The van der Waals surface area contributed by atoms with Crippen molar-refractivity contribution < 1.29 is 4.74 Å². The lowest BCUT2D eigenvalue weighted by molar-refractivity contribution is 0.199. The molecule has 5 nitrogen and oxygen atoms in total. The molecule has 2 heterocycles. The van der Waals surface area contributed by atoms with Gasteiger partial charge < -0.3 is 14.6 Å². The maximum Gasteiger partial charge on any atom is 0.0767 e. The number of aryl methyl sites for hydroxylation is 2. The Bertz CT molecular complexity index is 576. The molecule has 1 N–H and O–H groups in total. The second-order valence-corrected chi connectivity index (χ2v) is 5.77. The van der Waals surface area contributed by atoms with Gasteiger partial charge in [0.05, 0.1) is 29.0 Å². The number of hydrogen-bond donors (Lipinski definition) is 1. The fourth-order valence-electron chi connectivity index (χ4n) is 2.31. The van der Waals surface area contributed by atoms with E-state index in [9.17, 15) is 0 Å². The summed E-state index contributed by atoms with van der Waals surface area (Å²) in [6, 6.07) is 4.23. The Morgan fingerprint density at radius 2 is 2.24 bits per heavy atom. The normalized spacial score (nSPS) is 11.2. The number of nitrogens with zero attached hydrogens (tertiary/aromatic N) is 3. The Labute approximate surface area is 134 Å². The minimum absolute atomic E-state index is 0.730. The van der Waals surface area contributed by atoms with Gasteiger partial charge in [-0.1, -0.05) is 6.92 Å². The molecule has 0 fully saturated rings. The van der Waals surface area contributed by atoms with Crippen molar-refractivity contribution in [1.29, 1.82) is 0 Å². The first kappa shape index (κ1) is 16.3. The molecular weight excluding hydrogens is 332 g/mol. The van der Waals surface area contributed by atoms with Crippen LogP contribution in [0.1, 0.15) is 24.0 Å². The van der Waals surface area contributed by atoms with Gasteiger partial charge in [-0.15, -0.1) is 0 Å². The number of ether oxygens (including phenoxy) is 1. The first-order valence-corrected chi connectivity index (χ1v) is 8.00. The summed E-state index contributed by atoms with van der Waals surface area (Å²) in [5.74, 6) is 0. The van der Waals surface area contributed by atoms with Crippen LogP contribution in [-0.4, -0.2) is 34.6 Å². The van der Waals surface area contributed by atoms with Crippen LogP contribution in [0.25, 0.3) is 0 Å². The van der Waals surface area contributed by atoms with Gasteiger partial charge >= 0.3 is 0 Å². The highest BCUT2D eigenvalue weighted by Gasteiger charge is 2.13. The van der Waals surface area contributed by atoms with E-state index in [1.54, 1.807) is 7.11 Å². The van der Waals surface area contributed by atoms with Crippen LogP contribution in [0.4, 0.5) is 0 Å². The zero-order valence-electron chi connectivity index (χ0n) is 12.9. The molecule has 2 aromatic heterocycles. The van der Waals surface area contributed by atoms with E-state index < -0.39 is 0 Å². The van der Waals surface area contributed by atoms with E-state index in [2.05, 4.69) is 56.2 Å². The van der Waals surface area contributed by atoms with Gasteiger partial charge in [-0.05, 0) is 34.5 Å². The number of hydrogen-bond acceptors (Lipinski definition) is 3. The van der Waals surface area contributed by atoms with Crippen molar-refractivity contribution in [3.8, 4) is 0 Å². The van der Waals surface area contributed by atoms with Gasteiger partial charge in [0, 0.05) is 39.1 Å². The predicted octanol–water partition coefficient (Wildman–Crippen LogP) is 2.33. The second-order valence-electron chi connectivity index (χ2n) is 4.98. The summed E-state index contributed by atoms with van der Waals surface area (Å²) in [4.78, 5) is 0. The minimum atomic E-state index is 0.730. The molecule has 2 rings (SSSR count). The van der Waals surface area contributed by atoms with Gasteiger partial charge in [-0.2, -0.15) is 5.10 Å². The fourth-order valence-corrected chi connectivity index (χ4v) is 3.05. The first-order chi connectivity index (χ1) is 10.2. The Balaban J connectivity index is 2.07. The summed E-state index contributed by atoms with van der Waals surface area (Å²) in [7, 11) is 3.72. The van der Waals surface area contributed by atoms with E-state index in [1.807, 2.05) is 11.7 Å². The third-order valence-electron chi connectivity index (χ3n) is 3.54. The number of halogens is 1. The topological polar surface area (TPSA) is 44.0 Å². The molecule has 0 bridgehead atoms. The zero-order valence-corrected chi connectivity index (χ0v) is 14.5. The third-order valence-corrected chi connectivity index (χ3v) is 4.45. The summed E-state index contributed by atoms with van der Waals surface area (Å²) in [6.45, 7) is 5.37. The maximum atomic E-state index is 5.05. The monoisotopic (exact) mass is 354 g/mol. The van der Waals surface area contributed by atoms with Crippen molar-refractivity contribution in [1.82, 2.24) is 19.7 Å². The van der Waals surface area contributed by atoms with Crippen molar-refractivity contribution in [2.24, 2.45) is 7.05 Å². The second kappa shape index (κ2) is 7.77. The Hall–Kier alpha value is -1.11. The van der Waals surface area contributed by atoms with Crippen LogP contribution >= 0.6 is 15.9 Å². The van der Waals surface area contributed by atoms with Crippen molar-refractivity contribution >= 4 is 15.9 Å². The molecular formula is C15H23BrN4O. The van der Waals surface area contributed by atoms with Crippen LogP contribution in [0.2, 0.25) is 0 Å². The Morgan fingerprint density at radius 1 is 1.43 bits per heavy atom. The van der Waals surface area contributed by atoms with Crippen molar-refractivity contribution in [2.45, 2.75) is 26.4 Å². The highest BCUT2D eigenvalue weighted by atomic mass is 79.9. The Morgan fingerprint density at radius 3 is 2.90 bits per heavy atom. The molecule has 0 aliphatic heterocycles. The lowest BCUT2D eigenvalue weighted by Gasteiger charge is -2.11. The molecule has 0 radical (unpaired) electrons. The van der Waals surface area contributed by atoms with Gasteiger partial charge in [0.25, 0.3) is 0 Å². The Kier molecular flexibility index (Phi) is 6.02. The molecule has 6 heteroatoms. The van der Waals surface area contributed by atoms with Crippen LogP contribution in [0.5, 0.6) is 0 Å². The molecule has 0 aliphatic rings. The van der Waals surface area contributed by atoms with Crippen molar-refractivity contribution in [3.63, 3.8) is 0 Å². The minimum Gasteiger partial charge on any atom is -0.383 e. The smallest absolute Gasteiger partial charge is 0.0767 e. The fraction of sp³-hybridized carbons (Fsp3) is 0.533. The molecule has 0 atom stereocenters. The van der Waals surface area contributed by atoms with Crippen LogP contribution in [0, 0.1) is 0 Å². The first-order valence-electron chi connectivity index (χ1n) is 7.21. The number of aromatic nitrogens is 3. The van der Waals surface area contributed by atoms with Crippen molar-refractivity contribution in [3.05, 3.63) is 39.9 Å². The summed E-state index contributed by atoms with van der Waals surface area (Å²) in [6.07, 6.45) is 3.05. The molecule has 2 aromatic rings. The van der Waals surface area contributed by atoms with Crippen molar-refractivity contribution in [2.75, 3.05) is 20.3 Å². The molecule has 0 unspecified atom stereocenters. The molecule has 0 amide bonds. The zero-order chi connectivity index (χ0) is 15.2. The van der Waals surface area contributed by atoms with E-state index in [0.29, 0.717) is 0 Å². The van der Waals surface area contributed by atoms with Crippen LogP contribution in [0.3, 0.4) is 0 Å². The molecule has 0 saturated carbocycles. The predicted molar refractivity (Wildman–Crippen MR) is 87.4 cm³/mol. The van der Waals surface area contributed by atoms with E-state index in [0.717, 1.165) is 42.8 Å². The molecule has 0 aromatic carbocycles. The standard InChI is InChI=1S/C15H23BrN4O/c1-4-13-15(16)14(19(2)18-13)11-20-8-5-6-12(20)10-17-7-9-21-3/h5-6,8,17H,4,7,9-11H2,1-3H3. The van der Waals surface area contributed by atoms with E-state index in [1.165, 1.54) is 11.4 Å². The van der Waals surface area contributed by atoms with Crippen LogP contribution in [-0.2, 0) is 31.3 Å². The van der Waals surface area contributed by atoms with Gasteiger partial charge in [0.15, 0.2) is 0 Å². The average Bonchev–Trinajstić information content (AvgIpc) is 3.03. The average molecular weight is 355 g/mol. The van der Waals surface area contributed by atoms with E-state index >= 15 is 0 Å². The van der Waals surface area contributed by atoms with Gasteiger partial charge in [-0.25, -0.2) is 0 Å². The molecule has 0 saturated heterocycles. The lowest BCUT2D eigenvalue weighted by Crippen LogP contribution is -2.20. The van der Waals surface area contributed by atoms with E-state index in [-0.39, 0.29) is 0 Å². The number of rotatable bonds is 8. The number of methoxy groups -OCH3 is 1. The van der Waals surface area contributed by atoms with Gasteiger partial charge in [0.2, 0.25) is 0 Å². The SMILES string of the molecule is CCc1nn(C)c(Cn2cccc2CNCCOC)c1Br. The summed E-state index contributed by atoms with van der Waals surface area (Å²) >= 11 is 3.68. The summed E-state index contributed by atoms with van der Waals surface area (Å²) < 4.78 is 10.4. The molecule has 0 aliphatic carbocycles. The van der Waals surface area contributed by atoms with Gasteiger partial charge in [-0.3, -0.25) is 4.68 Å². The lowest BCUT2D eigenvalue weighted by atomic mass is 10.3. The maximum absolute atomic E-state index is 5.05.